The summed E-state index contributed by atoms with van der Waals surface area (Å²) < 4.78 is 1.67. The highest BCUT2D eigenvalue weighted by atomic mass is 32.2. The first-order valence-electron chi connectivity index (χ1n) is 7.17. The Labute approximate surface area is 128 Å². The van der Waals surface area contributed by atoms with Crippen LogP contribution in [0.2, 0.25) is 0 Å². The minimum Gasteiger partial charge on any atom is -0.323 e. The number of nitrogens with two attached hydrogens (primary N) is 1. The van der Waals surface area contributed by atoms with Crippen LogP contribution in [0.3, 0.4) is 0 Å². The van der Waals surface area contributed by atoms with Crippen LogP contribution in [0.5, 0.6) is 0 Å². The van der Waals surface area contributed by atoms with Gasteiger partial charge < -0.3 is 5.73 Å². The van der Waals surface area contributed by atoms with E-state index in [-0.39, 0.29) is 17.0 Å². The fraction of sp³-hybridized carbons (Fsp3) is 0.467. The largest absolute Gasteiger partial charge is 0.343 e. The van der Waals surface area contributed by atoms with Crippen LogP contribution >= 0.6 is 11.8 Å². The van der Waals surface area contributed by atoms with E-state index in [1.165, 1.54) is 17.3 Å². The molecule has 0 fully saturated rings. The van der Waals surface area contributed by atoms with E-state index in [1.807, 2.05) is 6.92 Å². The van der Waals surface area contributed by atoms with Crippen LogP contribution in [0.25, 0.3) is 0 Å². The third kappa shape index (κ3) is 3.77. The van der Waals surface area contributed by atoms with Crippen molar-refractivity contribution in [1.82, 2.24) is 14.8 Å². The van der Waals surface area contributed by atoms with Gasteiger partial charge in [-0.15, -0.1) is 5.10 Å². The van der Waals surface area contributed by atoms with Crippen molar-refractivity contribution in [2.45, 2.75) is 50.2 Å². The van der Waals surface area contributed by atoms with E-state index in [0.717, 1.165) is 12.0 Å². The number of hydrogen-bond acceptors (Lipinski definition) is 4. The highest BCUT2D eigenvalue weighted by molar-refractivity contribution is 7.99. The maximum absolute atomic E-state index is 11.7. The molecule has 0 aliphatic carbocycles. The molecular weight excluding hydrogens is 284 g/mol. The lowest BCUT2D eigenvalue weighted by Crippen LogP contribution is -2.22. The Balaban J connectivity index is 2.12. The molecular formula is C15H22N4OS. The number of hydrogen-bond donors (Lipinski definition) is 2. The number of aromatic amines is 1. The van der Waals surface area contributed by atoms with Crippen LogP contribution in [-0.4, -0.2) is 20.0 Å². The fourth-order valence-corrected chi connectivity index (χ4v) is 3.15. The number of H-pyrrole nitrogens is 1. The van der Waals surface area contributed by atoms with Crippen molar-refractivity contribution in [3.8, 4) is 0 Å². The normalized spacial score (nSPS) is 14.1. The molecule has 2 unspecified atom stereocenters. The van der Waals surface area contributed by atoms with E-state index in [9.17, 15) is 4.79 Å². The standard InChI is InChI=1S/C15H22N4OS/c1-4-9-19-14(20)17-18-15(19)21-11(3)13(16)12-7-5-10(2)6-8-12/h5-8,11,13H,4,9,16H2,1-3H3,(H,17,20). The van der Waals surface area contributed by atoms with E-state index < -0.39 is 0 Å². The number of rotatable bonds is 6. The third-order valence-corrected chi connectivity index (χ3v) is 4.62. The first-order chi connectivity index (χ1) is 10.0. The summed E-state index contributed by atoms with van der Waals surface area (Å²) >= 11 is 1.53. The minimum atomic E-state index is -0.157. The highest BCUT2D eigenvalue weighted by Crippen LogP contribution is 2.29. The Morgan fingerprint density at radius 1 is 1.38 bits per heavy atom. The van der Waals surface area contributed by atoms with E-state index in [0.29, 0.717) is 11.7 Å². The molecule has 5 nitrogen and oxygen atoms in total. The summed E-state index contributed by atoms with van der Waals surface area (Å²) in [7, 11) is 0. The van der Waals surface area contributed by atoms with Gasteiger partial charge in [0.25, 0.3) is 0 Å². The summed E-state index contributed by atoms with van der Waals surface area (Å²) in [6, 6.07) is 8.14. The van der Waals surface area contributed by atoms with Crippen LogP contribution in [0.15, 0.2) is 34.2 Å². The third-order valence-electron chi connectivity index (χ3n) is 3.43. The first-order valence-corrected chi connectivity index (χ1v) is 8.05. The van der Waals surface area contributed by atoms with Crippen LogP contribution < -0.4 is 11.4 Å². The second-order valence-corrected chi connectivity index (χ2v) is 6.57. The van der Waals surface area contributed by atoms with Gasteiger partial charge in [-0.1, -0.05) is 55.4 Å². The molecule has 0 saturated heterocycles. The lowest BCUT2D eigenvalue weighted by Gasteiger charge is -2.19. The molecule has 1 heterocycles. The zero-order valence-corrected chi connectivity index (χ0v) is 13.5. The molecule has 0 spiro atoms. The van der Waals surface area contributed by atoms with Gasteiger partial charge >= 0.3 is 5.69 Å². The smallest absolute Gasteiger partial charge is 0.323 e. The zero-order valence-electron chi connectivity index (χ0n) is 12.7. The number of thioether (sulfide) groups is 1. The number of benzene rings is 1. The first kappa shape index (κ1) is 15.9. The topological polar surface area (TPSA) is 76.7 Å². The lowest BCUT2D eigenvalue weighted by molar-refractivity contribution is 0.600. The maximum Gasteiger partial charge on any atom is 0.343 e. The summed E-state index contributed by atoms with van der Waals surface area (Å²) in [5.74, 6) is 0. The highest BCUT2D eigenvalue weighted by Gasteiger charge is 2.19. The van der Waals surface area contributed by atoms with Gasteiger partial charge in [-0.25, -0.2) is 9.89 Å². The predicted molar refractivity (Wildman–Crippen MR) is 86.6 cm³/mol. The summed E-state index contributed by atoms with van der Waals surface area (Å²) in [5, 5.41) is 7.44. The molecule has 21 heavy (non-hydrogen) atoms. The minimum absolute atomic E-state index is 0.0996. The molecule has 2 aromatic rings. The average molecular weight is 306 g/mol. The maximum atomic E-state index is 11.7. The van der Waals surface area contributed by atoms with E-state index in [4.69, 9.17) is 5.73 Å². The average Bonchev–Trinajstić information content (AvgIpc) is 2.81. The molecule has 0 aliphatic rings. The van der Waals surface area contributed by atoms with Gasteiger partial charge in [-0.05, 0) is 18.9 Å². The van der Waals surface area contributed by atoms with E-state index in [1.54, 1.807) is 4.57 Å². The number of aromatic nitrogens is 3. The molecule has 2 rings (SSSR count). The Morgan fingerprint density at radius 3 is 2.67 bits per heavy atom. The molecule has 2 atom stereocenters. The van der Waals surface area contributed by atoms with Gasteiger partial charge in [-0.3, -0.25) is 4.57 Å². The summed E-state index contributed by atoms with van der Waals surface area (Å²) in [6.45, 7) is 6.82. The molecule has 3 N–H and O–H groups in total. The van der Waals surface area contributed by atoms with Crippen molar-refractivity contribution in [1.29, 1.82) is 0 Å². The molecule has 6 heteroatoms. The fourth-order valence-electron chi connectivity index (χ4n) is 2.11. The quantitative estimate of drug-likeness (QED) is 0.804. The second kappa shape index (κ2) is 6.95. The predicted octanol–water partition coefficient (Wildman–Crippen LogP) is 2.47. The Kier molecular flexibility index (Phi) is 5.25. The van der Waals surface area contributed by atoms with Crippen molar-refractivity contribution < 1.29 is 0 Å². The van der Waals surface area contributed by atoms with E-state index >= 15 is 0 Å². The van der Waals surface area contributed by atoms with Gasteiger partial charge in [0.1, 0.15) is 0 Å². The lowest BCUT2D eigenvalue weighted by atomic mass is 10.0. The molecule has 0 aliphatic heterocycles. The van der Waals surface area contributed by atoms with Crippen LogP contribution in [0.4, 0.5) is 0 Å². The molecule has 114 valence electrons. The Bertz CT molecular complexity index is 632. The van der Waals surface area contributed by atoms with Gasteiger partial charge in [0.2, 0.25) is 0 Å². The SMILES string of the molecule is CCCn1c(SC(C)C(N)c2ccc(C)cc2)n[nH]c1=O. The number of nitrogens with one attached hydrogen (secondary N) is 1. The summed E-state index contributed by atoms with van der Waals surface area (Å²) in [4.78, 5) is 11.7. The van der Waals surface area contributed by atoms with Crippen molar-refractivity contribution in [3.05, 3.63) is 45.9 Å². The van der Waals surface area contributed by atoms with Gasteiger partial charge in [0, 0.05) is 17.8 Å². The summed E-state index contributed by atoms with van der Waals surface area (Å²) in [5.41, 5.74) is 8.48. The molecule has 1 aromatic carbocycles. The molecule has 0 radical (unpaired) electrons. The monoisotopic (exact) mass is 306 g/mol. The van der Waals surface area contributed by atoms with Crippen LogP contribution in [-0.2, 0) is 6.54 Å². The van der Waals surface area contributed by atoms with Crippen molar-refractivity contribution in [2.75, 3.05) is 0 Å². The van der Waals surface area contributed by atoms with Gasteiger partial charge in [0.15, 0.2) is 5.16 Å². The van der Waals surface area contributed by atoms with Crippen LogP contribution in [0, 0.1) is 6.92 Å². The molecule has 1 aromatic heterocycles. The van der Waals surface area contributed by atoms with Crippen molar-refractivity contribution >= 4 is 11.8 Å². The molecule has 0 amide bonds. The van der Waals surface area contributed by atoms with Crippen molar-refractivity contribution in [2.24, 2.45) is 5.73 Å². The van der Waals surface area contributed by atoms with E-state index in [2.05, 4.69) is 48.3 Å². The Hall–Kier alpha value is -1.53. The molecule has 0 saturated carbocycles. The second-order valence-electron chi connectivity index (χ2n) is 5.22. The van der Waals surface area contributed by atoms with Crippen LogP contribution in [0.1, 0.15) is 37.4 Å². The van der Waals surface area contributed by atoms with Gasteiger partial charge in [0.05, 0.1) is 0 Å². The Morgan fingerprint density at radius 2 is 2.05 bits per heavy atom. The number of aryl methyl sites for hydroxylation is 1. The molecule has 0 bridgehead atoms. The zero-order chi connectivity index (χ0) is 15.4. The number of nitrogens with zero attached hydrogens (tertiary/aromatic N) is 2. The summed E-state index contributed by atoms with van der Waals surface area (Å²) in [6.07, 6.45) is 0.894. The van der Waals surface area contributed by atoms with Gasteiger partial charge in [-0.2, -0.15) is 0 Å². The van der Waals surface area contributed by atoms with Crippen molar-refractivity contribution in [3.63, 3.8) is 0 Å².